The molecular weight excluding hydrogens is 534 g/mol. The van der Waals surface area contributed by atoms with Crippen LogP contribution in [0.1, 0.15) is 44.4 Å². The molecule has 0 fully saturated rings. The second-order valence-corrected chi connectivity index (χ2v) is 13.0. The molecular formula is C30H36ClN3O4S. The molecule has 39 heavy (non-hydrogen) atoms. The highest BCUT2D eigenvalue weighted by molar-refractivity contribution is 7.92. The fourth-order valence-corrected chi connectivity index (χ4v) is 5.69. The molecule has 0 unspecified atom stereocenters. The van der Waals surface area contributed by atoms with E-state index in [0.717, 1.165) is 15.4 Å². The van der Waals surface area contributed by atoms with Gasteiger partial charge in [0.1, 0.15) is 12.6 Å². The van der Waals surface area contributed by atoms with E-state index in [1.54, 1.807) is 44.2 Å². The Morgan fingerprint density at radius 2 is 1.56 bits per heavy atom. The molecule has 0 saturated heterocycles. The van der Waals surface area contributed by atoms with Crippen LogP contribution >= 0.6 is 11.6 Å². The van der Waals surface area contributed by atoms with E-state index in [4.69, 9.17) is 11.6 Å². The molecule has 3 aromatic rings. The summed E-state index contributed by atoms with van der Waals surface area (Å²) in [5.41, 5.74) is 2.30. The number of hydrogen-bond donors (Lipinski definition) is 1. The Morgan fingerprint density at radius 3 is 2.15 bits per heavy atom. The Kier molecular flexibility index (Phi) is 9.46. The summed E-state index contributed by atoms with van der Waals surface area (Å²) < 4.78 is 28.8. The van der Waals surface area contributed by atoms with Crippen molar-refractivity contribution in [3.8, 4) is 0 Å². The van der Waals surface area contributed by atoms with E-state index in [1.165, 1.54) is 23.1 Å². The second kappa shape index (κ2) is 12.2. The lowest BCUT2D eigenvalue weighted by Crippen LogP contribution is -2.54. The molecule has 3 aromatic carbocycles. The Balaban J connectivity index is 2.06. The van der Waals surface area contributed by atoms with Gasteiger partial charge in [0.2, 0.25) is 11.8 Å². The number of hydrogen-bond acceptors (Lipinski definition) is 4. The molecule has 9 heteroatoms. The summed E-state index contributed by atoms with van der Waals surface area (Å²) in [5.74, 6) is -0.856. The lowest BCUT2D eigenvalue weighted by Gasteiger charge is -2.34. The summed E-state index contributed by atoms with van der Waals surface area (Å²) in [7, 11) is -4.15. The van der Waals surface area contributed by atoms with Crippen LogP contribution in [0, 0.1) is 13.8 Å². The molecule has 0 aliphatic rings. The van der Waals surface area contributed by atoms with E-state index in [1.807, 2.05) is 52.0 Å². The minimum absolute atomic E-state index is 0.0424. The zero-order chi connectivity index (χ0) is 29.0. The largest absolute Gasteiger partial charge is 0.350 e. The van der Waals surface area contributed by atoms with Crippen molar-refractivity contribution in [1.29, 1.82) is 0 Å². The fraction of sp³-hybridized carbons (Fsp3) is 0.333. The van der Waals surface area contributed by atoms with Gasteiger partial charge in [-0.15, -0.1) is 0 Å². The number of carbonyl (C=O) groups excluding carboxylic acids is 2. The smallest absolute Gasteiger partial charge is 0.264 e. The number of nitrogens with one attached hydrogen (secondary N) is 1. The van der Waals surface area contributed by atoms with E-state index in [0.29, 0.717) is 16.3 Å². The van der Waals surface area contributed by atoms with Crippen LogP contribution in [-0.2, 0) is 26.2 Å². The lowest BCUT2D eigenvalue weighted by molar-refractivity contribution is -0.140. The second-order valence-electron chi connectivity index (χ2n) is 10.7. The molecule has 208 valence electrons. The first kappa shape index (κ1) is 30.2. The quantitative estimate of drug-likeness (QED) is 0.369. The zero-order valence-electron chi connectivity index (χ0n) is 23.2. The van der Waals surface area contributed by atoms with Gasteiger partial charge in [-0.2, -0.15) is 0 Å². The Bertz CT molecular complexity index is 1420. The highest BCUT2D eigenvalue weighted by Crippen LogP contribution is 2.30. The maximum Gasteiger partial charge on any atom is 0.264 e. The van der Waals surface area contributed by atoms with Crippen molar-refractivity contribution in [3.05, 3.63) is 94.5 Å². The van der Waals surface area contributed by atoms with Gasteiger partial charge in [0.25, 0.3) is 10.0 Å². The maximum absolute atomic E-state index is 14.0. The average Bonchev–Trinajstić information content (AvgIpc) is 2.87. The first-order chi connectivity index (χ1) is 18.2. The number of amides is 2. The number of rotatable bonds is 9. The van der Waals surface area contributed by atoms with Crippen LogP contribution in [-0.4, -0.2) is 43.3 Å². The Labute approximate surface area is 236 Å². The van der Waals surface area contributed by atoms with Crippen LogP contribution in [0.25, 0.3) is 0 Å². The molecule has 1 atom stereocenters. The number of anilines is 1. The number of halogens is 1. The molecule has 0 saturated carbocycles. The maximum atomic E-state index is 14.0. The minimum Gasteiger partial charge on any atom is -0.350 e. The van der Waals surface area contributed by atoms with E-state index in [-0.39, 0.29) is 17.3 Å². The summed E-state index contributed by atoms with van der Waals surface area (Å²) in [6.45, 7) is 10.6. The first-order valence-corrected chi connectivity index (χ1v) is 14.5. The number of aryl methyl sites for hydroxylation is 2. The number of sulfonamides is 1. The third-order valence-corrected chi connectivity index (χ3v) is 8.20. The highest BCUT2D eigenvalue weighted by atomic mass is 35.5. The summed E-state index contributed by atoms with van der Waals surface area (Å²) in [6.07, 6.45) is 0. The number of carbonyl (C=O) groups is 2. The molecule has 0 aromatic heterocycles. The molecule has 0 bridgehead atoms. The summed E-state index contributed by atoms with van der Waals surface area (Å²) >= 11 is 6.26. The normalized spacial score (nSPS) is 12.5. The monoisotopic (exact) mass is 569 g/mol. The molecule has 0 heterocycles. The summed E-state index contributed by atoms with van der Waals surface area (Å²) in [5, 5.41) is 3.26. The van der Waals surface area contributed by atoms with E-state index < -0.39 is 34.1 Å². The van der Waals surface area contributed by atoms with Crippen LogP contribution in [0.4, 0.5) is 5.69 Å². The first-order valence-electron chi connectivity index (χ1n) is 12.7. The minimum atomic E-state index is -4.15. The molecule has 0 aliphatic carbocycles. The van der Waals surface area contributed by atoms with Gasteiger partial charge in [-0.25, -0.2) is 8.42 Å². The van der Waals surface area contributed by atoms with E-state index in [9.17, 15) is 18.0 Å². The van der Waals surface area contributed by atoms with Crippen molar-refractivity contribution in [3.63, 3.8) is 0 Å². The fourth-order valence-electron chi connectivity index (χ4n) is 4.03. The van der Waals surface area contributed by atoms with Crippen molar-refractivity contribution in [2.24, 2.45) is 0 Å². The topological polar surface area (TPSA) is 86.8 Å². The van der Waals surface area contributed by atoms with Gasteiger partial charge in [0, 0.05) is 17.1 Å². The summed E-state index contributed by atoms with van der Waals surface area (Å²) in [6, 6.07) is 19.6. The van der Waals surface area contributed by atoms with E-state index in [2.05, 4.69) is 5.32 Å². The van der Waals surface area contributed by atoms with Gasteiger partial charge < -0.3 is 10.2 Å². The van der Waals surface area contributed by atoms with Crippen molar-refractivity contribution < 1.29 is 18.0 Å². The zero-order valence-corrected chi connectivity index (χ0v) is 24.8. The van der Waals surface area contributed by atoms with Crippen molar-refractivity contribution in [2.45, 2.75) is 64.6 Å². The van der Waals surface area contributed by atoms with Crippen LogP contribution < -0.4 is 9.62 Å². The Hall–Kier alpha value is -3.36. The highest BCUT2D eigenvalue weighted by Gasteiger charge is 2.34. The molecule has 1 N–H and O–H groups in total. The summed E-state index contributed by atoms with van der Waals surface area (Å²) in [4.78, 5) is 28.6. The Morgan fingerprint density at radius 1 is 0.949 bits per heavy atom. The van der Waals surface area contributed by atoms with Crippen LogP contribution in [0.3, 0.4) is 0 Å². The number of benzene rings is 3. The van der Waals surface area contributed by atoms with E-state index >= 15 is 0 Å². The van der Waals surface area contributed by atoms with Crippen molar-refractivity contribution in [2.75, 3.05) is 10.8 Å². The van der Waals surface area contributed by atoms with Crippen molar-refractivity contribution in [1.82, 2.24) is 10.2 Å². The molecule has 7 nitrogen and oxygen atoms in total. The molecule has 3 rings (SSSR count). The molecule has 0 aliphatic heterocycles. The van der Waals surface area contributed by atoms with Crippen LogP contribution in [0.2, 0.25) is 5.02 Å². The predicted octanol–water partition coefficient (Wildman–Crippen LogP) is 5.48. The third kappa shape index (κ3) is 7.83. The van der Waals surface area contributed by atoms with Gasteiger partial charge in [-0.1, -0.05) is 65.7 Å². The average molecular weight is 570 g/mol. The predicted molar refractivity (Wildman–Crippen MR) is 156 cm³/mol. The molecule has 0 radical (unpaired) electrons. The SMILES string of the molecule is Cc1ccc(CN(C(=O)CN(c2cc(Cl)ccc2C)S(=O)(=O)c2ccccc2)[C@@H](C)C(=O)NC(C)(C)C)cc1. The van der Waals surface area contributed by atoms with Crippen molar-refractivity contribution >= 4 is 39.1 Å². The van der Waals surface area contributed by atoms with Gasteiger partial charge >= 0.3 is 0 Å². The molecule has 2 amide bonds. The standard InChI is InChI=1S/C30H36ClN3O4S/c1-21-12-15-24(16-13-21)19-33(23(3)29(36)32-30(4,5)6)28(35)20-34(27-18-25(31)17-14-22(27)2)39(37,38)26-10-8-7-9-11-26/h7-18,23H,19-20H2,1-6H3,(H,32,36)/t23-/m0/s1. The number of nitrogens with zero attached hydrogens (tertiary/aromatic N) is 2. The van der Waals surface area contributed by atoms with Gasteiger partial charge in [-0.3, -0.25) is 13.9 Å². The van der Waals surface area contributed by atoms with Crippen LogP contribution in [0.15, 0.2) is 77.7 Å². The van der Waals surface area contributed by atoms with Gasteiger partial charge in [0.15, 0.2) is 0 Å². The van der Waals surface area contributed by atoms with Crippen LogP contribution in [0.5, 0.6) is 0 Å². The van der Waals surface area contributed by atoms with Gasteiger partial charge in [-0.05, 0) is 76.9 Å². The van der Waals surface area contributed by atoms with Gasteiger partial charge in [0.05, 0.1) is 10.6 Å². The third-order valence-electron chi connectivity index (χ3n) is 6.19. The molecule has 0 spiro atoms. The lowest BCUT2D eigenvalue weighted by atomic mass is 10.1.